The van der Waals surface area contributed by atoms with Crippen LogP contribution in [0.3, 0.4) is 0 Å². The summed E-state index contributed by atoms with van der Waals surface area (Å²) in [4.78, 5) is 24.1. The first-order valence-electron chi connectivity index (χ1n) is 6.87. The van der Waals surface area contributed by atoms with Gasteiger partial charge in [0.25, 0.3) is 0 Å². The Morgan fingerprint density at radius 3 is 2.64 bits per heavy atom. The highest BCUT2D eigenvalue weighted by molar-refractivity contribution is 7.98. The maximum Gasteiger partial charge on any atom is 0.249 e. The van der Waals surface area contributed by atoms with Gasteiger partial charge < -0.3 is 10.1 Å². The number of rotatable bonds is 9. The van der Waals surface area contributed by atoms with Gasteiger partial charge in [-0.2, -0.15) is 5.10 Å². The predicted molar refractivity (Wildman–Crippen MR) is 88.1 cm³/mol. The normalized spacial score (nSPS) is 10.6. The van der Waals surface area contributed by atoms with E-state index >= 15 is 0 Å². The lowest BCUT2D eigenvalue weighted by molar-refractivity contribution is -0.129. The molecule has 120 valence electrons. The molecule has 7 heteroatoms. The zero-order valence-corrected chi connectivity index (χ0v) is 13.6. The van der Waals surface area contributed by atoms with Crippen LogP contribution in [0.25, 0.3) is 0 Å². The molecule has 1 aromatic rings. The quantitative estimate of drug-likeness (QED) is 0.237. The van der Waals surface area contributed by atoms with Crippen molar-refractivity contribution < 1.29 is 14.3 Å². The topological polar surface area (TPSA) is 79.8 Å². The highest BCUT2D eigenvalue weighted by Gasteiger charge is 2.07. The monoisotopic (exact) mass is 323 g/mol. The van der Waals surface area contributed by atoms with Crippen molar-refractivity contribution in [3.63, 3.8) is 0 Å². The van der Waals surface area contributed by atoms with Gasteiger partial charge >= 0.3 is 0 Å². The molecular weight excluding hydrogens is 302 g/mol. The summed E-state index contributed by atoms with van der Waals surface area (Å²) in [5.74, 6) is -0.769. The lowest BCUT2D eigenvalue weighted by atomic mass is 10.2. The first-order valence-corrected chi connectivity index (χ1v) is 8.09. The van der Waals surface area contributed by atoms with E-state index in [4.69, 9.17) is 4.74 Å². The lowest BCUT2D eigenvalue weighted by Gasteiger charge is -2.03. The van der Waals surface area contributed by atoms with Crippen molar-refractivity contribution in [2.75, 3.05) is 26.5 Å². The summed E-state index contributed by atoms with van der Waals surface area (Å²) in [5.41, 5.74) is 3.21. The van der Waals surface area contributed by atoms with Crippen LogP contribution in [0, 0.1) is 0 Å². The molecule has 6 nitrogen and oxygen atoms in total. The Morgan fingerprint density at radius 1 is 1.27 bits per heavy atom. The number of ether oxygens (including phenoxy) is 1. The molecule has 2 amide bonds. The highest BCUT2D eigenvalue weighted by Crippen LogP contribution is 2.13. The Morgan fingerprint density at radius 2 is 2.00 bits per heavy atom. The van der Waals surface area contributed by atoms with Crippen LogP contribution in [0.1, 0.15) is 18.4 Å². The Balaban J connectivity index is 2.26. The maximum atomic E-state index is 11.5. The third kappa shape index (κ3) is 7.80. The molecule has 0 heterocycles. The number of hydrazone groups is 1. The minimum absolute atomic E-state index is 0.240. The molecule has 0 aliphatic heterocycles. The van der Waals surface area contributed by atoms with Crippen LogP contribution in [0.5, 0.6) is 0 Å². The van der Waals surface area contributed by atoms with E-state index in [1.807, 2.05) is 30.5 Å². The Bertz CT molecular complexity index is 503. The van der Waals surface area contributed by atoms with Gasteiger partial charge in [-0.05, 0) is 30.4 Å². The standard InChI is InChI=1S/C15H21N3O3S/c1-21-9-3-8-16-14(19)10-15(20)18-17-11-12-4-6-13(22-2)7-5-12/h4-7,11H,3,8-10H2,1-2H3,(H,16,19)(H,18,20)/b17-11+. The first-order chi connectivity index (χ1) is 10.7. The summed E-state index contributed by atoms with van der Waals surface area (Å²) in [6, 6.07) is 7.76. The molecule has 0 atom stereocenters. The van der Waals surface area contributed by atoms with E-state index in [2.05, 4.69) is 15.8 Å². The van der Waals surface area contributed by atoms with Gasteiger partial charge in [-0.15, -0.1) is 11.8 Å². The fourth-order valence-corrected chi connectivity index (χ4v) is 1.97. The van der Waals surface area contributed by atoms with Crippen molar-refractivity contribution in [2.24, 2.45) is 5.10 Å². The van der Waals surface area contributed by atoms with Gasteiger partial charge in [0, 0.05) is 25.2 Å². The van der Waals surface area contributed by atoms with Gasteiger partial charge in [0.15, 0.2) is 0 Å². The molecule has 22 heavy (non-hydrogen) atoms. The summed E-state index contributed by atoms with van der Waals surface area (Å²) in [5, 5.41) is 6.46. The van der Waals surface area contributed by atoms with Crippen LogP contribution < -0.4 is 10.7 Å². The fraction of sp³-hybridized carbons (Fsp3) is 0.400. The predicted octanol–water partition coefficient (Wildman–Crippen LogP) is 1.40. The molecule has 0 unspecified atom stereocenters. The van der Waals surface area contributed by atoms with Gasteiger partial charge in [-0.25, -0.2) is 5.43 Å². The minimum atomic E-state index is -0.443. The third-order valence-corrected chi connectivity index (χ3v) is 3.43. The molecule has 1 rings (SSSR count). The molecule has 1 aromatic carbocycles. The van der Waals surface area contributed by atoms with E-state index < -0.39 is 5.91 Å². The van der Waals surface area contributed by atoms with Crippen LogP contribution in [-0.2, 0) is 14.3 Å². The molecule has 2 N–H and O–H groups in total. The molecule has 0 saturated carbocycles. The molecular formula is C15H21N3O3S. The number of amides is 2. The highest BCUT2D eigenvalue weighted by atomic mass is 32.2. The second-order valence-electron chi connectivity index (χ2n) is 4.44. The van der Waals surface area contributed by atoms with Crippen LogP contribution in [0.2, 0.25) is 0 Å². The van der Waals surface area contributed by atoms with Crippen LogP contribution in [0.4, 0.5) is 0 Å². The van der Waals surface area contributed by atoms with E-state index in [0.717, 1.165) is 10.5 Å². The number of hydrogen-bond donors (Lipinski definition) is 2. The lowest BCUT2D eigenvalue weighted by Crippen LogP contribution is -2.30. The summed E-state index contributed by atoms with van der Waals surface area (Å²) < 4.78 is 4.86. The third-order valence-electron chi connectivity index (χ3n) is 2.69. The van der Waals surface area contributed by atoms with Crippen LogP contribution in [0.15, 0.2) is 34.3 Å². The number of benzene rings is 1. The van der Waals surface area contributed by atoms with E-state index in [9.17, 15) is 9.59 Å². The number of carbonyl (C=O) groups excluding carboxylic acids is 2. The fourth-order valence-electron chi connectivity index (χ4n) is 1.56. The number of hydrogen-bond acceptors (Lipinski definition) is 5. The number of thioether (sulfide) groups is 1. The second-order valence-corrected chi connectivity index (χ2v) is 5.32. The van der Waals surface area contributed by atoms with Gasteiger partial charge in [-0.3, -0.25) is 9.59 Å². The van der Waals surface area contributed by atoms with E-state index in [0.29, 0.717) is 19.6 Å². The van der Waals surface area contributed by atoms with Crippen molar-refractivity contribution in [1.82, 2.24) is 10.7 Å². The maximum absolute atomic E-state index is 11.5. The second kappa shape index (κ2) is 10.8. The smallest absolute Gasteiger partial charge is 0.249 e. The van der Waals surface area contributed by atoms with Crippen molar-refractivity contribution in [2.45, 2.75) is 17.7 Å². The van der Waals surface area contributed by atoms with E-state index in [-0.39, 0.29) is 12.3 Å². The molecule has 0 saturated heterocycles. The molecule has 0 aliphatic rings. The average molecular weight is 323 g/mol. The average Bonchev–Trinajstić information content (AvgIpc) is 2.52. The Hall–Kier alpha value is -1.86. The zero-order chi connectivity index (χ0) is 16.2. The molecule has 0 spiro atoms. The van der Waals surface area contributed by atoms with Gasteiger partial charge in [0.1, 0.15) is 6.42 Å². The number of methoxy groups -OCH3 is 1. The Kier molecular flexibility index (Phi) is 8.94. The largest absolute Gasteiger partial charge is 0.385 e. The van der Waals surface area contributed by atoms with Crippen molar-refractivity contribution in [1.29, 1.82) is 0 Å². The summed E-state index contributed by atoms with van der Waals surface area (Å²) in [7, 11) is 1.60. The minimum Gasteiger partial charge on any atom is -0.385 e. The summed E-state index contributed by atoms with van der Waals surface area (Å²) in [6.45, 7) is 1.07. The summed E-state index contributed by atoms with van der Waals surface area (Å²) >= 11 is 1.66. The zero-order valence-electron chi connectivity index (χ0n) is 12.8. The number of nitrogens with one attached hydrogen (secondary N) is 2. The molecule has 0 bridgehead atoms. The molecule has 0 radical (unpaired) electrons. The number of nitrogens with zero attached hydrogens (tertiary/aromatic N) is 1. The van der Waals surface area contributed by atoms with E-state index in [1.165, 1.54) is 0 Å². The van der Waals surface area contributed by atoms with Crippen molar-refractivity contribution in [3.8, 4) is 0 Å². The van der Waals surface area contributed by atoms with Crippen LogP contribution >= 0.6 is 11.8 Å². The summed E-state index contributed by atoms with van der Waals surface area (Å²) in [6.07, 6.45) is 4.02. The molecule has 0 aliphatic carbocycles. The van der Waals surface area contributed by atoms with Crippen LogP contribution in [-0.4, -0.2) is 44.5 Å². The Labute approximate surface area is 134 Å². The SMILES string of the molecule is COCCCNC(=O)CC(=O)N/N=C/c1ccc(SC)cc1. The molecule has 0 fully saturated rings. The van der Waals surface area contributed by atoms with Gasteiger partial charge in [0.2, 0.25) is 11.8 Å². The van der Waals surface area contributed by atoms with E-state index in [1.54, 1.807) is 25.1 Å². The number of carbonyl (C=O) groups is 2. The van der Waals surface area contributed by atoms with Crippen molar-refractivity contribution >= 4 is 29.8 Å². The van der Waals surface area contributed by atoms with Crippen molar-refractivity contribution in [3.05, 3.63) is 29.8 Å². The van der Waals surface area contributed by atoms with Gasteiger partial charge in [0.05, 0.1) is 6.21 Å². The molecule has 0 aromatic heterocycles. The van der Waals surface area contributed by atoms with Gasteiger partial charge in [-0.1, -0.05) is 12.1 Å². The first kappa shape index (κ1) is 18.2.